The number of anilines is 1. The summed E-state index contributed by atoms with van der Waals surface area (Å²) in [5.74, 6) is 0. The number of hydrogen-bond acceptors (Lipinski definition) is 2. The standard InChI is InChI=1S/C17H28N2/c1-17(2,3)15-9-4-5-10-16(15)18-11-8-14-19-12-6-7-13-19/h4-5,9-10,18H,6-8,11-14H2,1-3H3. The van der Waals surface area contributed by atoms with E-state index in [4.69, 9.17) is 0 Å². The molecule has 0 unspecified atom stereocenters. The van der Waals surface area contributed by atoms with E-state index in [9.17, 15) is 0 Å². The fourth-order valence-corrected chi connectivity index (χ4v) is 2.82. The van der Waals surface area contributed by atoms with Crippen LogP contribution in [0.15, 0.2) is 24.3 Å². The van der Waals surface area contributed by atoms with Crippen LogP contribution in [0.2, 0.25) is 0 Å². The first-order valence-electron chi connectivity index (χ1n) is 7.63. The van der Waals surface area contributed by atoms with Crippen LogP contribution in [0.25, 0.3) is 0 Å². The zero-order valence-electron chi connectivity index (χ0n) is 12.7. The second-order valence-electron chi connectivity index (χ2n) is 6.62. The number of benzene rings is 1. The summed E-state index contributed by atoms with van der Waals surface area (Å²) in [6.07, 6.45) is 4.01. The van der Waals surface area contributed by atoms with Gasteiger partial charge < -0.3 is 10.2 Å². The van der Waals surface area contributed by atoms with Crippen LogP contribution in [0.4, 0.5) is 5.69 Å². The van der Waals surface area contributed by atoms with Crippen molar-refractivity contribution in [3.63, 3.8) is 0 Å². The Kier molecular flexibility index (Phi) is 4.87. The highest BCUT2D eigenvalue weighted by molar-refractivity contribution is 5.54. The topological polar surface area (TPSA) is 15.3 Å². The number of likely N-dealkylation sites (tertiary alicyclic amines) is 1. The molecule has 0 aromatic heterocycles. The lowest BCUT2D eigenvalue weighted by molar-refractivity contribution is 0.337. The summed E-state index contributed by atoms with van der Waals surface area (Å²) in [7, 11) is 0. The number of hydrogen-bond donors (Lipinski definition) is 1. The molecule has 1 heterocycles. The maximum absolute atomic E-state index is 3.62. The number of nitrogens with one attached hydrogen (secondary N) is 1. The van der Waals surface area contributed by atoms with Crippen molar-refractivity contribution < 1.29 is 0 Å². The predicted octanol–water partition coefficient (Wildman–Crippen LogP) is 3.88. The minimum absolute atomic E-state index is 0.207. The molecule has 1 aliphatic heterocycles. The molecule has 2 heteroatoms. The van der Waals surface area contributed by atoms with Gasteiger partial charge in [0.05, 0.1) is 0 Å². The first kappa shape index (κ1) is 14.4. The lowest BCUT2D eigenvalue weighted by atomic mass is 9.86. The van der Waals surface area contributed by atoms with Crippen molar-refractivity contribution in [3.8, 4) is 0 Å². The second kappa shape index (κ2) is 6.42. The molecule has 0 amide bonds. The fourth-order valence-electron chi connectivity index (χ4n) is 2.82. The Hall–Kier alpha value is -1.02. The molecule has 0 radical (unpaired) electrons. The van der Waals surface area contributed by atoms with Crippen LogP contribution in [0.1, 0.15) is 45.6 Å². The molecular formula is C17H28N2. The highest BCUT2D eigenvalue weighted by Gasteiger charge is 2.17. The van der Waals surface area contributed by atoms with Gasteiger partial charge in [-0.25, -0.2) is 0 Å². The van der Waals surface area contributed by atoms with Crippen molar-refractivity contribution in [2.24, 2.45) is 0 Å². The molecular weight excluding hydrogens is 232 g/mol. The molecule has 2 nitrogen and oxygen atoms in total. The second-order valence-corrected chi connectivity index (χ2v) is 6.62. The van der Waals surface area contributed by atoms with E-state index in [1.54, 1.807) is 0 Å². The fraction of sp³-hybridized carbons (Fsp3) is 0.647. The maximum atomic E-state index is 3.62. The third-order valence-electron chi connectivity index (χ3n) is 3.90. The van der Waals surface area contributed by atoms with Crippen LogP contribution in [-0.4, -0.2) is 31.1 Å². The zero-order chi connectivity index (χ0) is 13.7. The van der Waals surface area contributed by atoms with Crippen LogP contribution in [0.5, 0.6) is 0 Å². The van der Waals surface area contributed by atoms with E-state index in [2.05, 4.69) is 55.3 Å². The van der Waals surface area contributed by atoms with Gasteiger partial charge in [-0.3, -0.25) is 0 Å². The Morgan fingerprint density at radius 1 is 1.11 bits per heavy atom. The van der Waals surface area contributed by atoms with Crippen molar-refractivity contribution in [1.82, 2.24) is 4.90 Å². The van der Waals surface area contributed by atoms with Crippen LogP contribution < -0.4 is 5.32 Å². The van der Waals surface area contributed by atoms with Crippen molar-refractivity contribution >= 4 is 5.69 Å². The first-order valence-corrected chi connectivity index (χ1v) is 7.63. The molecule has 2 rings (SSSR count). The summed E-state index contributed by atoms with van der Waals surface area (Å²) in [6, 6.07) is 8.70. The first-order chi connectivity index (χ1) is 9.07. The summed E-state index contributed by atoms with van der Waals surface area (Å²) in [5, 5.41) is 3.62. The van der Waals surface area contributed by atoms with E-state index in [-0.39, 0.29) is 5.41 Å². The smallest absolute Gasteiger partial charge is 0.0378 e. The summed E-state index contributed by atoms with van der Waals surface area (Å²) < 4.78 is 0. The van der Waals surface area contributed by atoms with Gasteiger partial charge in [0.1, 0.15) is 0 Å². The van der Waals surface area contributed by atoms with Gasteiger partial charge in [0.25, 0.3) is 0 Å². The molecule has 106 valence electrons. The zero-order valence-corrected chi connectivity index (χ0v) is 12.7. The van der Waals surface area contributed by atoms with Gasteiger partial charge in [-0.2, -0.15) is 0 Å². The predicted molar refractivity (Wildman–Crippen MR) is 83.9 cm³/mol. The Morgan fingerprint density at radius 3 is 2.47 bits per heavy atom. The van der Waals surface area contributed by atoms with E-state index >= 15 is 0 Å². The Labute approximate surface area is 118 Å². The molecule has 0 saturated carbocycles. The molecule has 19 heavy (non-hydrogen) atoms. The maximum Gasteiger partial charge on any atom is 0.0378 e. The Balaban J connectivity index is 1.82. The molecule has 1 fully saturated rings. The van der Waals surface area contributed by atoms with Crippen molar-refractivity contribution in [3.05, 3.63) is 29.8 Å². The van der Waals surface area contributed by atoms with Crippen molar-refractivity contribution in [2.75, 3.05) is 31.5 Å². The summed E-state index contributed by atoms with van der Waals surface area (Å²) >= 11 is 0. The lowest BCUT2D eigenvalue weighted by Gasteiger charge is -2.23. The summed E-state index contributed by atoms with van der Waals surface area (Å²) in [5.41, 5.74) is 2.92. The SMILES string of the molecule is CC(C)(C)c1ccccc1NCCCN1CCCC1. The van der Waals surface area contributed by atoms with Crippen LogP contribution >= 0.6 is 0 Å². The molecule has 1 aliphatic rings. The number of para-hydroxylation sites is 1. The largest absolute Gasteiger partial charge is 0.385 e. The van der Waals surface area contributed by atoms with Crippen LogP contribution in [0.3, 0.4) is 0 Å². The van der Waals surface area contributed by atoms with E-state index in [1.165, 1.54) is 50.1 Å². The highest BCUT2D eigenvalue weighted by atomic mass is 15.1. The average Bonchev–Trinajstić information content (AvgIpc) is 2.87. The molecule has 0 spiro atoms. The summed E-state index contributed by atoms with van der Waals surface area (Å²) in [4.78, 5) is 2.58. The molecule has 1 aromatic rings. The third kappa shape index (κ3) is 4.24. The number of rotatable bonds is 5. The van der Waals surface area contributed by atoms with Gasteiger partial charge in [0, 0.05) is 12.2 Å². The van der Waals surface area contributed by atoms with Gasteiger partial charge in [0.2, 0.25) is 0 Å². The molecule has 0 aliphatic carbocycles. The molecule has 1 saturated heterocycles. The van der Waals surface area contributed by atoms with Gasteiger partial charge in [-0.05, 0) is 55.9 Å². The van der Waals surface area contributed by atoms with E-state index in [1.807, 2.05) is 0 Å². The minimum atomic E-state index is 0.207. The van der Waals surface area contributed by atoms with Crippen molar-refractivity contribution in [2.45, 2.75) is 45.4 Å². The van der Waals surface area contributed by atoms with Gasteiger partial charge in [0.15, 0.2) is 0 Å². The monoisotopic (exact) mass is 260 g/mol. The van der Waals surface area contributed by atoms with Gasteiger partial charge in [-0.1, -0.05) is 39.0 Å². The van der Waals surface area contributed by atoms with Crippen LogP contribution in [0, 0.1) is 0 Å². The summed E-state index contributed by atoms with van der Waals surface area (Å²) in [6.45, 7) is 11.7. The molecule has 0 bridgehead atoms. The average molecular weight is 260 g/mol. The van der Waals surface area contributed by atoms with E-state index in [0.717, 1.165) is 6.54 Å². The molecule has 1 N–H and O–H groups in total. The highest BCUT2D eigenvalue weighted by Crippen LogP contribution is 2.29. The molecule has 1 aromatic carbocycles. The van der Waals surface area contributed by atoms with E-state index in [0.29, 0.717) is 0 Å². The third-order valence-corrected chi connectivity index (χ3v) is 3.90. The van der Waals surface area contributed by atoms with Gasteiger partial charge in [-0.15, -0.1) is 0 Å². The molecule has 0 atom stereocenters. The Bertz CT molecular complexity index is 386. The van der Waals surface area contributed by atoms with Crippen LogP contribution in [-0.2, 0) is 5.41 Å². The minimum Gasteiger partial charge on any atom is -0.385 e. The quantitative estimate of drug-likeness (QED) is 0.808. The normalized spacial score (nSPS) is 16.8. The number of nitrogens with zero attached hydrogens (tertiary/aromatic N) is 1. The lowest BCUT2D eigenvalue weighted by Crippen LogP contribution is -2.23. The van der Waals surface area contributed by atoms with Crippen molar-refractivity contribution in [1.29, 1.82) is 0 Å². The van der Waals surface area contributed by atoms with Gasteiger partial charge >= 0.3 is 0 Å². The van der Waals surface area contributed by atoms with E-state index < -0.39 is 0 Å². The Morgan fingerprint density at radius 2 is 1.79 bits per heavy atom.